The number of piperazine rings is 1. The molecule has 0 spiro atoms. The first-order chi connectivity index (χ1) is 20.6. The lowest BCUT2D eigenvalue weighted by Gasteiger charge is -2.40. The zero-order valence-electron chi connectivity index (χ0n) is 23.3. The van der Waals surface area contributed by atoms with Gasteiger partial charge in [-0.25, -0.2) is 8.78 Å². The molecule has 6 nitrogen and oxygen atoms in total. The summed E-state index contributed by atoms with van der Waals surface area (Å²) in [7, 11) is 0. The van der Waals surface area contributed by atoms with Crippen LogP contribution in [0.4, 0.5) is 49.7 Å². The number of hydrogen-bond acceptors (Lipinski definition) is 6. The van der Waals surface area contributed by atoms with Crippen molar-refractivity contribution in [1.82, 2.24) is 20.2 Å². The number of rotatable bonds is 7. The van der Waals surface area contributed by atoms with Crippen LogP contribution in [0, 0.1) is 5.82 Å². The first kappa shape index (κ1) is 31.1. The molecule has 4 aliphatic heterocycles. The fourth-order valence-corrected chi connectivity index (χ4v) is 7.39. The van der Waals surface area contributed by atoms with E-state index in [2.05, 4.69) is 15.3 Å². The second kappa shape index (κ2) is 10.9. The van der Waals surface area contributed by atoms with Crippen LogP contribution in [-0.4, -0.2) is 77.1 Å². The van der Waals surface area contributed by atoms with Gasteiger partial charge in [-0.05, 0) is 44.7 Å². The zero-order valence-corrected chi connectivity index (χ0v) is 23.3. The van der Waals surface area contributed by atoms with E-state index < -0.39 is 82.4 Å². The summed E-state index contributed by atoms with van der Waals surface area (Å²) < 4.78 is 144. The molecule has 1 N–H and O–H groups in total. The number of nitrogens with one attached hydrogen (secondary N) is 1. The number of fused-ring (bicyclic) bond motifs is 4. The number of benzene rings is 1. The van der Waals surface area contributed by atoms with Crippen LogP contribution in [0.2, 0.25) is 0 Å². The average molecular weight is 642 g/mol. The normalized spacial score (nSPS) is 29.0. The third-order valence-corrected chi connectivity index (χ3v) is 9.22. The third kappa shape index (κ3) is 5.90. The largest absolute Gasteiger partial charge is 0.461 e. The van der Waals surface area contributed by atoms with E-state index >= 15 is 4.39 Å². The molecule has 242 valence electrons. The maximum Gasteiger partial charge on any atom is 0.416 e. The van der Waals surface area contributed by atoms with Gasteiger partial charge in [-0.2, -0.15) is 45.1 Å². The molecule has 4 fully saturated rings. The minimum absolute atomic E-state index is 0.106. The Morgan fingerprint density at radius 3 is 2.59 bits per heavy atom. The molecular formula is C28H29F10N5O. The van der Waals surface area contributed by atoms with Gasteiger partial charge in [-0.3, -0.25) is 4.90 Å². The molecule has 4 atom stereocenters. The second-order valence-electron chi connectivity index (χ2n) is 12.3. The van der Waals surface area contributed by atoms with Gasteiger partial charge >= 0.3 is 18.4 Å². The van der Waals surface area contributed by atoms with Gasteiger partial charge in [0.15, 0.2) is 5.82 Å². The lowest BCUT2D eigenvalue weighted by Crippen LogP contribution is -2.59. The standard InChI is InChI=1S/C28H29F10N5O/c29-15-9-26(4-1-7-43(26)11-15)14-44-24-39-22-18(8-19(28(36,37)38)17(21(22)32)3-6-27(33,34)35)23(40-24)42-12-16-2-5-25(13-42,41-16)10-20(30)31/h8,10,15-16,41H,1-7,9,11-14H2/t15-,16+,25+,26?/m1/s1. The number of anilines is 1. The molecule has 0 saturated carbocycles. The lowest BCUT2D eigenvalue weighted by molar-refractivity contribution is -0.142. The Balaban J connectivity index is 1.47. The number of nitrogens with zero attached hydrogens (tertiary/aromatic N) is 4. The maximum absolute atomic E-state index is 16.0. The van der Waals surface area contributed by atoms with Crippen LogP contribution >= 0.6 is 0 Å². The number of aromatic nitrogens is 2. The Kier molecular flexibility index (Phi) is 7.69. The van der Waals surface area contributed by atoms with Gasteiger partial charge in [0.1, 0.15) is 24.1 Å². The number of ether oxygens (including phenoxy) is 1. The summed E-state index contributed by atoms with van der Waals surface area (Å²) >= 11 is 0. The highest BCUT2D eigenvalue weighted by molar-refractivity contribution is 5.92. The van der Waals surface area contributed by atoms with E-state index in [1.807, 2.05) is 4.90 Å². The summed E-state index contributed by atoms with van der Waals surface area (Å²) in [6.07, 6.45) is -13.1. The fraction of sp³-hybridized carbons (Fsp3) is 0.643. The van der Waals surface area contributed by atoms with Gasteiger partial charge in [0.05, 0.1) is 16.6 Å². The van der Waals surface area contributed by atoms with Gasteiger partial charge in [0.25, 0.3) is 6.08 Å². The van der Waals surface area contributed by atoms with E-state index in [4.69, 9.17) is 4.74 Å². The van der Waals surface area contributed by atoms with Gasteiger partial charge < -0.3 is 15.0 Å². The minimum Gasteiger partial charge on any atom is -0.461 e. The molecule has 0 amide bonds. The van der Waals surface area contributed by atoms with E-state index in [1.54, 1.807) is 0 Å². The summed E-state index contributed by atoms with van der Waals surface area (Å²) in [6, 6.07) is -0.283. The smallest absolute Gasteiger partial charge is 0.416 e. The Morgan fingerprint density at radius 2 is 1.89 bits per heavy atom. The van der Waals surface area contributed by atoms with Crippen molar-refractivity contribution in [2.75, 3.05) is 37.7 Å². The Bertz CT molecular complexity index is 1460. The summed E-state index contributed by atoms with van der Waals surface area (Å²) in [4.78, 5) is 11.7. The van der Waals surface area contributed by atoms with Crippen molar-refractivity contribution in [3.8, 4) is 6.01 Å². The molecule has 16 heteroatoms. The molecule has 4 aliphatic rings. The zero-order chi connectivity index (χ0) is 31.7. The van der Waals surface area contributed by atoms with Gasteiger partial charge in [0, 0.05) is 55.5 Å². The van der Waals surface area contributed by atoms with Crippen LogP contribution in [0.25, 0.3) is 10.9 Å². The molecule has 6 rings (SSSR count). The maximum atomic E-state index is 16.0. The number of hydrogen-bond donors (Lipinski definition) is 1. The predicted molar refractivity (Wildman–Crippen MR) is 139 cm³/mol. The Hall–Kier alpha value is -2.88. The highest BCUT2D eigenvalue weighted by Gasteiger charge is 2.50. The van der Waals surface area contributed by atoms with E-state index in [1.165, 1.54) is 4.90 Å². The highest BCUT2D eigenvalue weighted by Crippen LogP contribution is 2.44. The van der Waals surface area contributed by atoms with E-state index in [0.29, 0.717) is 31.9 Å². The second-order valence-corrected chi connectivity index (χ2v) is 12.3. The number of alkyl halides is 7. The Labute approximate surface area is 245 Å². The average Bonchev–Trinajstić information content (AvgIpc) is 3.53. The summed E-state index contributed by atoms with van der Waals surface area (Å²) in [6.45, 7) is 0.689. The lowest BCUT2D eigenvalue weighted by atomic mass is 9.95. The molecule has 0 aliphatic carbocycles. The minimum atomic E-state index is -5.22. The topological polar surface area (TPSA) is 53.5 Å². The van der Waals surface area contributed by atoms with Crippen molar-refractivity contribution in [2.24, 2.45) is 0 Å². The predicted octanol–water partition coefficient (Wildman–Crippen LogP) is 6.33. The highest BCUT2D eigenvalue weighted by atomic mass is 19.4. The summed E-state index contributed by atoms with van der Waals surface area (Å²) in [5.41, 5.74) is -5.41. The van der Waals surface area contributed by atoms with E-state index in [0.717, 1.165) is 12.5 Å². The first-order valence-electron chi connectivity index (χ1n) is 14.3. The quantitative estimate of drug-likeness (QED) is 0.357. The van der Waals surface area contributed by atoms with Crippen molar-refractivity contribution in [1.29, 1.82) is 0 Å². The van der Waals surface area contributed by atoms with Crippen molar-refractivity contribution in [3.05, 3.63) is 35.2 Å². The molecule has 0 radical (unpaired) electrons. The van der Waals surface area contributed by atoms with E-state index in [-0.39, 0.29) is 44.5 Å². The van der Waals surface area contributed by atoms with Crippen LogP contribution in [0.5, 0.6) is 6.01 Å². The molecule has 5 heterocycles. The van der Waals surface area contributed by atoms with Crippen LogP contribution in [0.15, 0.2) is 18.2 Å². The summed E-state index contributed by atoms with van der Waals surface area (Å²) in [5, 5.41) is 2.66. The third-order valence-electron chi connectivity index (χ3n) is 9.22. The van der Waals surface area contributed by atoms with Gasteiger partial charge in [0.2, 0.25) is 0 Å². The van der Waals surface area contributed by atoms with Crippen molar-refractivity contribution in [3.63, 3.8) is 0 Å². The van der Waals surface area contributed by atoms with Crippen molar-refractivity contribution in [2.45, 2.75) is 80.6 Å². The van der Waals surface area contributed by atoms with Crippen LogP contribution in [0.3, 0.4) is 0 Å². The molecule has 1 unspecified atom stereocenters. The number of halogens is 10. The SMILES string of the molecule is FC(F)=C[C@@]12CC[C@@H](CN(c3nc(OCC45CCCN4C[C@H](F)C5)nc4c(F)c(CCC(F)(F)F)c(C(F)(F)F)cc34)C1)N2. The van der Waals surface area contributed by atoms with Crippen LogP contribution < -0.4 is 15.0 Å². The van der Waals surface area contributed by atoms with Gasteiger partial charge in [-0.1, -0.05) is 0 Å². The monoisotopic (exact) mass is 641 g/mol. The van der Waals surface area contributed by atoms with Crippen LogP contribution in [0.1, 0.15) is 49.7 Å². The molecule has 2 bridgehead atoms. The van der Waals surface area contributed by atoms with E-state index in [9.17, 15) is 39.5 Å². The molecule has 44 heavy (non-hydrogen) atoms. The van der Waals surface area contributed by atoms with Crippen molar-refractivity contribution < 1.29 is 48.6 Å². The van der Waals surface area contributed by atoms with Crippen LogP contribution in [-0.2, 0) is 12.6 Å². The molecule has 1 aromatic carbocycles. The molecular weight excluding hydrogens is 612 g/mol. The molecule has 4 saturated heterocycles. The van der Waals surface area contributed by atoms with Crippen molar-refractivity contribution >= 4 is 16.7 Å². The first-order valence-corrected chi connectivity index (χ1v) is 14.3. The summed E-state index contributed by atoms with van der Waals surface area (Å²) in [5.74, 6) is -1.82. The Morgan fingerprint density at radius 1 is 1.11 bits per heavy atom. The molecule has 2 aromatic rings. The molecule has 1 aromatic heterocycles. The fourth-order valence-electron chi connectivity index (χ4n) is 7.39. The van der Waals surface area contributed by atoms with Gasteiger partial charge in [-0.15, -0.1) is 0 Å².